The Balaban J connectivity index is -0.000000766. The summed E-state index contributed by atoms with van der Waals surface area (Å²) in [4.78, 5) is 63.1. The minimum Gasteiger partial charge on any atom is -0.504 e. The van der Waals surface area contributed by atoms with E-state index in [2.05, 4.69) is 21.3 Å². The van der Waals surface area contributed by atoms with Crippen LogP contribution in [0.3, 0.4) is 0 Å². The standard InChI is InChI=1S/C13H20N2O3S.2C9H13NO3.2C4H6O6.ClH/c1-5-6-14-9(3)12(16)15-10-8(2)7-19-11(10)13(17)18-4;2*1-10-5-9(13)6-2-3-7(11)8(12)4-6;2*5-1(3(7)8)2(6)4(9)10;/h7,9,14H,5-6H2,1-4H3,(H,15,16);2*2-4,9-13H,5H2,1H3;2*1-2,5-6H,(H,7,8)(H,9,10);1H/t;2*9-;2*1-,2-;/m.0011./s1. The number of anilines is 1. The molecule has 27 heteroatoms. The minimum atomic E-state index is -2.27. The zero-order chi connectivity index (χ0) is 50.7. The number of amides is 1. The first-order valence-electron chi connectivity index (χ1n) is 18.8. The van der Waals surface area contributed by atoms with Gasteiger partial charge in [0.1, 0.15) is 4.88 Å². The summed E-state index contributed by atoms with van der Waals surface area (Å²) in [7, 11) is 4.78. The van der Waals surface area contributed by atoms with Crippen LogP contribution < -0.4 is 21.3 Å². The zero-order valence-electron chi connectivity index (χ0n) is 36.3. The van der Waals surface area contributed by atoms with E-state index in [1.54, 1.807) is 33.2 Å². The number of aromatic hydroxyl groups is 4. The molecule has 0 aliphatic carbocycles. The van der Waals surface area contributed by atoms with E-state index in [1.165, 1.54) is 42.7 Å². The number of benzene rings is 2. The summed E-state index contributed by atoms with van der Waals surface area (Å²) in [6, 6.07) is 8.22. The summed E-state index contributed by atoms with van der Waals surface area (Å²) >= 11 is 1.27. The summed E-state index contributed by atoms with van der Waals surface area (Å²) in [5.41, 5.74) is 2.56. The number of aryl methyl sites for hydroxylation is 1. The number of carbonyl (C=O) groups is 6. The SMILES string of the molecule is CCCNC(C)C(=O)Nc1c(C)csc1C(=O)OC.CNC[C@H](O)c1ccc(O)c(O)c1.CNC[C@H](O)c1ccc(O)c(O)c1.Cl.O=C(O)[C@H](O)[C@@H](O)C(=O)O.O=C(O)[C@H](O)[C@@H](O)C(=O)O. The van der Waals surface area contributed by atoms with Crippen LogP contribution in [-0.2, 0) is 28.7 Å². The molecule has 0 saturated carbocycles. The number of phenols is 4. The van der Waals surface area contributed by atoms with E-state index < -0.39 is 66.5 Å². The second kappa shape index (κ2) is 33.6. The number of carboxylic acid groups (broad SMARTS) is 4. The fraction of sp³-hybridized carbons (Fsp3) is 0.436. The number of nitrogens with one attached hydrogen (secondary N) is 4. The van der Waals surface area contributed by atoms with Gasteiger partial charge in [-0.15, -0.1) is 23.7 Å². The molecule has 0 bridgehead atoms. The number of aliphatic hydroxyl groups excluding tert-OH is 6. The maximum absolute atomic E-state index is 12.0. The van der Waals surface area contributed by atoms with Crippen molar-refractivity contribution in [1.29, 1.82) is 0 Å². The van der Waals surface area contributed by atoms with Gasteiger partial charge >= 0.3 is 29.8 Å². The molecule has 18 N–H and O–H groups in total. The van der Waals surface area contributed by atoms with Crippen LogP contribution in [0.15, 0.2) is 41.8 Å². The van der Waals surface area contributed by atoms with Crippen LogP contribution in [0, 0.1) is 6.92 Å². The maximum atomic E-state index is 12.0. The van der Waals surface area contributed by atoms with Crippen LogP contribution in [0.5, 0.6) is 23.0 Å². The lowest BCUT2D eigenvalue weighted by molar-refractivity contribution is -0.165. The second-order valence-corrected chi connectivity index (χ2v) is 13.9. The van der Waals surface area contributed by atoms with E-state index in [4.69, 9.17) is 66.0 Å². The fourth-order valence-electron chi connectivity index (χ4n) is 4.19. The summed E-state index contributed by atoms with van der Waals surface area (Å²) < 4.78 is 4.70. The lowest BCUT2D eigenvalue weighted by atomic mass is 10.1. The Kier molecular flexibility index (Phi) is 32.7. The molecular formula is C39H59ClN4O21S. The number of carbonyl (C=O) groups excluding carboxylic acids is 2. The van der Waals surface area contributed by atoms with Gasteiger partial charge in [0.25, 0.3) is 0 Å². The van der Waals surface area contributed by atoms with E-state index >= 15 is 0 Å². The molecule has 0 aliphatic heterocycles. The molecule has 0 fully saturated rings. The summed E-state index contributed by atoms with van der Waals surface area (Å²) in [5.74, 6) is -8.45. The second-order valence-electron chi connectivity index (χ2n) is 13.1. The Labute approximate surface area is 387 Å². The third-order valence-corrected chi connectivity index (χ3v) is 8.94. The molecule has 7 atom stereocenters. The van der Waals surface area contributed by atoms with E-state index in [0.29, 0.717) is 34.8 Å². The number of aliphatic carboxylic acids is 4. The third-order valence-electron chi connectivity index (χ3n) is 7.86. The van der Waals surface area contributed by atoms with Crippen molar-refractivity contribution in [2.75, 3.05) is 46.2 Å². The van der Waals surface area contributed by atoms with Crippen LogP contribution >= 0.6 is 23.7 Å². The van der Waals surface area contributed by atoms with Crippen LogP contribution in [-0.4, -0.2) is 179 Å². The number of carboxylic acids is 4. The minimum absolute atomic E-state index is 0. The highest BCUT2D eigenvalue weighted by Crippen LogP contribution is 2.29. The van der Waals surface area contributed by atoms with Gasteiger partial charge in [0, 0.05) is 13.1 Å². The van der Waals surface area contributed by atoms with Crippen LogP contribution in [0.2, 0.25) is 0 Å². The first kappa shape index (κ1) is 64.4. The molecule has 1 amide bonds. The smallest absolute Gasteiger partial charge is 0.350 e. The zero-order valence-corrected chi connectivity index (χ0v) is 38.0. The van der Waals surface area contributed by atoms with Gasteiger partial charge in [-0.25, -0.2) is 24.0 Å². The van der Waals surface area contributed by atoms with Crippen LogP contribution in [0.1, 0.15) is 58.8 Å². The number of rotatable bonds is 18. The molecule has 1 unspecified atom stereocenters. The van der Waals surface area contributed by atoms with Gasteiger partial charge in [-0.2, -0.15) is 0 Å². The molecule has 25 nitrogen and oxygen atoms in total. The number of phenolic OH excluding ortho intramolecular Hbond substituents is 4. The number of ether oxygens (including phenoxy) is 1. The fourth-order valence-corrected chi connectivity index (χ4v) is 5.11. The summed E-state index contributed by atoms with van der Waals surface area (Å²) in [6.07, 6.45) is -9.44. The molecule has 66 heavy (non-hydrogen) atoms. The molecule has 0 aliphatic rings. The molecule has 1 heterocycles. The molecular weight excluding hydrogens is 928 g/mol. The highest BCUT2D eigenvalue weighted by Gasteiger charge is 2.30. The summed E-state index contributed by atoms with van der Waals surface area (Å²) in [5, 5.41) is 134. The van der Waals surface area contributed by atoms with E-state index in [0.717, 1.165) is 18.5 Å². The van der Waals surface area contributed by atoms with E-state index in [-0.39, 0.29) is 47.4 Å². The van der Waals surface area contributed by atoms with Gasteiger partial charge < -0.3 is 97.5 Å². The number of hydrogen-bond acceptors (Lipinski definition) is 21. The Hall–Kier alpha value is -5.91. The van der Waals surface area contributed by atoms with Crippen molar-refractivity contribution in [3.05, 3.63) is 63.3 Å². The number of likely N-dealkylation sites (N-methyl/N-ethyl adjacent to an activating group) is 2. The lowest BCUT2D eigenvalue weighted by Crippen LogP contribution is -2.39. The molecule has 3 aromatic rings. The van der Waals surface area contributed by atoms with Gasteiger partial charge in [-0.05, 0) is 87.2 Å². The number of aliphatic hydroxyl groups is 6. The van der Waals surface area contributed by atoms with Crippen molar-refractivity contribution in [2.24, 2.45) is 0 Å². The van der Waals surface area contributed by atoms with Gasteiger partial charge in [0.2, 0.25) is 5.91 Å². The normalized spacial score (nSPS) is 13.3. The maximum Gasteiger partial charge on any atom is 0.350 e. The van der Waals surface area contributed by atoms with Gasteiger partial charge in [0.15, 0.2) is 47.4 Å². The number of methoxy groups -OCH3 is 1. The molecule has 374 valence electrons. The Bertz CT molecular complexity index is 1840. The van der Waals surface area contributed by atoms with Gasteiger partial charge in [0.05, 0.1) is 31.0 Å². The van der Waals surface area contributed by atoms with E-state index in [9.17, 15) is 39.0 Å². The summed E-state index contributed by atoms with van der Waals surface area (Å²) in [6.45, 7) is 7.28. The topological polar surface area (TPSA) is 443 Å². The van der Waals surface area contributed by atoms with Crippen molar-refractivity contribution in [1.82, 2.24) is 16.0 Å². The first-order valence-corrected chi connectivity index (χ1v) is 19.6. The largest absolute Gasteiger partial charge is 0.504 e. The molecule has 3 rings (SSSR count). The third kappa shape index (κ3) is 23.9. The number of esters is 1. The Morgan fingerprint density at radius 1 is 0.652 bits per heavy atom. The van der Waals surface area contributed by atoms with Crippen LogP contribution in [0.4, 0.5) is 5.69 Å². The molecule has 0 saturated heterocycles. The monoisotopic (exact) mass is 986 g/mol. The predicted molar refractivity (Wildman–Crippen MR) is 236 cm³/mol. The van der Waals surface area contributed by atoms with Crippen molar-refractivity contribution in [3.63, 3.8) is 0 Å². The van der Waals surface area contributed by atoms with Crippen molar-refractivity contribution in [3.8, 4) is 23.0 Å². The number of halogens is 1. The molecule has 0 spiro atoms. The molecule has 0 radical (unpaired) electrons. The lowest BCUT2D eigenvalue weighted by Gasteiger charge is -2.14. The van der Waals surface area contributed by atoms with E-state index in [1.807, 2.05) is 19.2 Å². The quantitative estimate of drug-likeness (QED) is 0.0539. The Morgan fingerprint density at radius 3 is 1.30 bits per heavy atom. The highest BCUT2D eigenvalue weighted by molar-refractivity contribution is 7.12. The average Bonchev–Trinajstić information content (AvgIpc) is 3.62. The highest BCUT2D eigenvalue weighted by atomic mass is 35.5. The van der Waals surface area contributed by atoms with Crippen molar-refractivity contribution in [2.45, 2.75) is 69.9 Å². The van der Waals surface area contributed by atoms with Gasteiger partial charge in [-0.1, -0.05) is 19.1 Å². The number of thiophene rings is 1. The van der Waals surface area contributed by atoms with Crippen LogP contribution in [0.25, 0.3) is 0 Å². The average molecular weight is 987 g/mol. The Morgan fingerprint density at radius 2 is 1.02 bits per heavy atom. The molecule has 2 aromatic carbocycles. The van der Waals surface area contributed by atoms with Gasteiger partial charge in [-0.3, -0.25) is 4.79 Å². The predicted octanol–water partition coefficient (Wildman–Crippen LogP) is -0.952. The number of hydrogen-bond donors (Lipinski definition) is 18. The van der Waals surface area contributed by atoms with Crippen molar-refractivity contribution >= 4 is 65.2 Å². The first-order chi connectivity index (χ1) is 30.2. The van der Waals surface area contributed by atoms with Crippen molar-refractivity contribution < 1.29 is 105 Å². The molecule has 1 aromatic heterocycles.